The van der Waals surface area contributed by atoms with Crippen molar-refractivity contribution in [1.82, 2.24) is 14.7 Å². The van der Waals surface area contributed by atoms with E-state index in [0.717, 1.165) is 62.4 Å². The van der Waals surface area contributed by atoms with Gasteiger partial charge in [0.2, 0.25) is 0 Å². The summed E-state index contributed by atoms with van der Waals surface area (Å²) in [7, 11) is 2.14. The molecule has 0 saturated carbocycles. The number of fused-ring (bicyclic) bond motifs is 1. The van der Waals surface area contributed by atoms with E-state index in [1.165, 1.54) is 51.4 Å². The summed E-state index contributed by atoms with van der Waals surface area (Å²) in [6.45, 7) is 6.07. The number of unbranched alkanes of at least 4 members (excludes halogenated alkanes) is 7. The Balaban J connectivity index is 0.840. The molecule has 3 aromatic rings. The fourth-order valence-electron chi connectivity index (χ4n) is 6.50. The Morgan fingerprint density at radius 1 is 0.787 bits per heavy atom. The molecule has 8 heteroatoms. The van der Waals surface area contributed by atoms with Crippen molar-refractivity contribution in [2.45, 2.75) is 70.3 Å². The van der Waals surface area contributed by atoms with Crippen LogP contribution in [0.5, 0.6) is 5.75 Å². The van der Waals surface area contributed by atoms with Gasteiger partial charge >= 0.3 is 6.09 Å². The number of benzene rings is 3. The molecule has 5 rings (SSSR count). The minimum absolute atomic E-state index is 0.0263. The summed E-state index contributed by atoms with van der Waals surface area (Å²) < 4.78 is 11.5. The van der Waals surface area contributed by atoms with E-state index >= 15 is 0 Å². The van der Waals surface area contributed by atoms with Crippen molar-refractivity contribution in [2.75, 3.05) is 58.4 Å². The van der Waals surface area contributed by atoms with E-state index in [-0.39, 0.29) is 18.1 Å². The predicted octanol–water partition coefficient (Wildman–Crippen LogP) is 7.91. The van der Waals surface area contributed by atoms with Crippen LogP contribution in [0.4, 0.5) is 10.5 Å². The van der Waals surface area contributed by atoms with Gasteiger partial charge in [-0.1, -0.05) is 99.2 Å². The lowest BCUT2D eigenvalue weighted by atomic mass is 10.0. The van der Waals surface area contributed by atoms with E-state index < -0.39 is 0 Å². The Hall–Kier alpha value is -3.88. The lowest BCUT2D eigenvalue weighted by molar-refractivity contribution is 0.0498. The minimum atomic E-state index is -0.369. The number of para-hydroxylation sites is 2. The summed E-state index contributed by atoms with van der Waals surface area (Å²) in [6, 6.07) is 25.4. The van der Waals surface area contributed by atoms with Crippen LogP contribution in [0.1, 0.15) is 74.6 Å². The Labute approximate surface area is 281 Å². The molecule has 3 aromatic carbocycles. The molecule has 2 amide bonds. The summed E-state index contributed by atoms with van der Waals surface area (Å²) in [5, 5.41) is 2.97. The molecule has 2 aliphatic heterocycles. The van der Waals surface area contributed by atoms with Gasteiger partial charge in [0.25, 0.3) is 5.91 Å². The van der Waals surface area contributed by atoms with Crippen LogP contribution in [0, 0.1) is 0 Å². The van der Waals surface area contributed by atoms with Crippen molar-refractivity contribution in [3.8, 4) is 16.9 Å². The van der Waals surface area contributed by atoms with Gasteiger partial charge in [0, 0.05) is 31.7 Å². The fraction of sp³-hybridized carbons (Fsp3) is 0.487. The highest BCUT2D eigenvalue weighted by Gasteiger charge is 2.25. The van der Waals surface area contributed by atoms with Crippen LogP contribution in [0.2, 0.25) is 0 Å². The van der Waals surface area contributed by atoms with Gasteiger partial charge < -0.3 is 24.2 Å². The van der Waals surface area contributed by atoms with E-state index in [1.54, 1.807) is 4.90 Å². The quantitative estimate of drug-likeness (QED) is 0.151. The maximum atomic E-state index is 12.7. The molecule has 0 spiro atoms. The average Bonchev–Trinajstić information content (AvgIpc) is 3.10. The highest BCUT2D eigenvalue weighted by Crippen LogP contribution is 2.28. The zero-order valence-electron chi connectivity index (χ0n) is 28.1. The molecule has 2 aliphatic rings. The number of likely N-dealkylation sites (tertiary alicyclic amines) is 1. The number of hydrogen-bond donors (Lipinski definition) is 1. The van der Waals surface area contributed by atoms with Gasteiger partial charge in [0.05, 0.1) is 11.3 Å². The third-order valence-corrected chi connectivity index (χ3v) is 9.35. The topological polar surface area (TPSA) is 74.3 Å². The highest BCUT2D eigenvalue weighted by molar-refractivity contribution is 5.97. The van der Waals surface area contributed by atoms with Crippen molar-refractivity contribution in [2.24, 2.45) is 0 Å². The lowest BCUT2D eigenvalue weighted by Crippen LogP contribution is -2.42. The molecule has 0 aliphatic carbocycles. The maximum absolute atomic E-state index is 12.7. The largest absolute Gasteiger partial charge is 0.472 e. The molecule has 0 bridgehead atoms. The second-order valence-electron chi connectivity index (χ2n) is 13.0. The Kier molecular flexibility index (Phi) is 13.5. The molecule has 1 fully saturated rings. The van der Waals surface area contributed by atoms with Gasteiger partial charge in [-0.2, -0.15) is 0 Å². The van der Waals surface area contributed by atoms with Crippen LogP contribution in [0.15, 0.2) is 78.9 Å². The van der Waals surface area contributed by atoms with E-state index in [4.69, 9.17) is 9.47 Å². The van der Waals surface area contributed by atoms with Crippen LogP contribution in [-0.4, -0.2) is 85.9 Å². The molecule has 1 N–H and O–H groups in total. The zero-order valence-corrected chi connectivity index (χ0v) is 28.1. The first-order chi connectivity index (χ1) is 23.1. The van der Waals surface area contributed by atoms with Crippen molar-refractivity contribution in [1.29, 1.82) is 0 Å². The molecule has 8 nitrogen and oxygen atoms in total. The number of nitrogens with one attached hydrogen (secondary N) is 1. The second-order valence-corrected chi connectivity index (χ2v) is 13.0. The van der Waals surface area contributed by atoms with Crippen molar-refractivity contribution in [3.05, 3.63) is 84.4 Å². The molecule has 0 atom stereocenters. The number of carbonyl (C=O) groups is 2. The van der Waals surface area contributed by atoms with Crippen LogP contribution in [0.3, 0.4) is 0 Å². The van der Waals surface area contributed by atoms with Crippen molar-refractivity contribution in [3.63, 3.8) is 0 Å². The molecule has 252 valence electrons. The number of carbonyl (C=O) groups excluding carboxylic acids is 2. The predicted molar refractivity (Wildman–Crippen MR) is 189 cm³/mol. The normalized spacial score (nSPS) is 15.4. The van der Waals surface area contributed by atoms with E-state index in [2.05, 4.69) is 22.2 Å². The number of piperidine rings is 1. The summed E-state index contributed by atoms with van der Waals surface area (Å²) in [4.78, 5) is 32.0. The van der Waals surface area contributed by atoms with Gasteiger partial charge in [-0.3, -0.25) is 10.1 Å². The molecule has 0 radical (unpaired) electrons. The number of rotatable bonds is 17. The molecule has 0 aromatic heterocycles. The van der Waals surface area contributed by atoms with Crippen molar-refractivity contribution >= 4 is 17.7 Å². The highest BCUT2D eigenvalue weighted by atomic mass is 16.6. The second kappa shape index (κ2) is 18.5. The van der Waals surface area contributed by atoms with Crippen LogP contribution in [-0.2, 0) is 4.74 Å². The minimum Gasteiger partial charge on any atom is -0.472 e. The van der Waals surface area contributed by atoms with Crippen LogP contribution < -0.4 is 10.1 Å². The first-order valence-corrected chi connectivity index (χ1v) is 17.6. The Morgan fingerprint density at radius 3 is 2.19 bits per heavy atom. The van der Waals surface area contributed by atoms with Crippen LogP contribution in [0.25, 0.3) is 11.1 Å². The van der Waals surface area contributed by atoms with E-state index in [9.17, 15) is 9.59 Å². The molecule has 1 saturated heterocycles. The maximum Gasteiger partial charge on any atom is 0.411 e. The van der Waals surface area contributed by atoms with Gasteiger partial charge in [0.15, 0.2) is 6.73 Å². The standard InChI is InChI=1S/C39H52N4O4/c1-41(29-30-43-31-46-37-22-14-12-20-35(37)38(43)44)25-15-6-4-2-3-5-7-16-26-42-27-23-33(24-28-42)47-39(45)40-36-21-13-11-19-34(36)32-17-9-8-10-18-32/h8-14,17-22,33H,2-7,15-16,23-31H2,1H3,(H,40,45). The van der Waals surface area contributed by atoms with Crippen molar-refractivity contribution < 1.29 is 19.1 Å². The number of ether oxygens (including phenoxy) is 2. The number of likely N-dealkylation sites (N-methyl/N-ethyl adjacent to an activating group) is 1. The van der Waals surface area contributed by atoms with E-state index in [1.807, 2.05) is 78.9 Å². The lowest BCUT2D eigenvalue weighted by Gasteiger charge is -2.31. The molecule has 2 heterocycles. The van der Waals surface area contributed by atoms with Gasteiger partial charge in [-0.25, -0.2) is 4.79 Å². The molecule has 47 heavy (non-hydrogen) atoms. The first-order valence-electron chi connectivity index (χ1n) is 17.6. The Bertz CT molecular complexity index is 1390. The summed E-state index contributed by atoms with van der Waals surface area (Å²) >= 11 is 0. The number of nitrogens with zero attached hydrogens (tertiary/aromatic N) is 3. The molecule has 0 unspecified atom stereocenters. The fourth-order valence-corrected chi connectivity index (χ4v) is 6.50. The zero-order chi connectivity index (χ0) is 32.7. The van der Waals surface area contributed by atoms with Gasteiger partial charge in [-0.05, 0) is 69.6 Å². The number of hydrogen-bond acceptors (Lipinski definition) is 6. The third-order valence-electron chi connectivity index (χ3n) is 9.35. The number of anilines is 1. The van der Waals surface area contributed by atoms with Gasteiger partial charge in [0.1, 0.15) is 11.9 Å². The summed E-state index contributed by atoms with van der Waals surface area (Å²) in [6.07, 6.45) is 11.6. The van der Waals surface area contributed by atoms with Crippen LogP contribution >= 0.6 is 0 Å². The Morgan fingerprint density at radius 2 is 1.43 bits per heavy atom. The SMILES string of the molecule is CN(CCCCCCCCCCN1CCC(OC(=O)Nc2ccccc2-c2ccccc2)CC1)CCN1COc2ccccc2C1=O. The molecular formula is C39H52N4O4. The number of amides is 2. The third kappa shape index (κ3) is 10.8. The summed E-state index contributed by atoms with van der Waals surface area (Å²) in [5.74, 6) is 0.757. The molecular weight excluding hydrogens is 588 g/mol. The first kappa shape index (κ1) is 34.5. The smallest absolute Gasteiger partial charge is 0.411 e. The monoisotopic (exact) mass is 640 g/mol. The average molecular weight is 641 g/mol. The van der Waals surface area contributed by atoms with Gasteiger partial charge in [-0.15, -0.1) is 0 Å². The van der Waals surface area contributed by atoms with E-state index in [0.29, 0.717) is 24.6 Å². The summed E-state index contributed by atoms with van der Waals surface area (Å²) in [5.41, 5.74) is 3.50.